The maximum atomic E-state index is 9.61. The fourth-order valence-corrected chi connectivity index (χ4v) is 3.79. The van der Waals surface area contributed by atoms with Gasteiger partial charge in [0, 0.05) is 16.7 Å². The molecule has 0 spiro atoms. The van der Waals surface area contributed by atoms with Gasteiger partial charge in [0.15, 0.2) is 0 Å². The van der Waals surface area contributed by atoms with Gasteiger partial charge in [-0.3, -0.25) is 0 Å². The van der Waals surface area contributed by atoms with Crippen LogP contribution in [-0.2, 0) is 12.8 Å². The van der Waals surface area contributed by atoms with Gasteiger partial charge in [0.05, 0.1) is 12.7 Å². The maximum Gasteiger partial charge on any atom is 0.258 e. The Morgan fingerprint density at radius 2 is 1.97 bits per heavy atom. The van der Waals surface area contributed by atoms with Crippen molar-refractivity contribution < 1.29 is 14.4 Å². The molecular formula is C23H27N3O3. The van der Waals surface area contributed by atoms with E-state index in [9.17, 15) is 5.11 Å². The number of aromatic nitrogens is 2. The Bertz CT molecular complexity index is 1030. The van der Waals surface area contributed by atoms with E-state index in [1.54, 1.807) is 0 Å². The average molecular weight is 393 g/mol. The summed E-state index contributed by atoms with van der Waals surface area (Å²) in [5, 5.41) is 13.8. The van der Waals surface area contributed by atoms with Gasteiger partial charge in [0.2, 0.25) is 5.82 Å². The van der Waals surface area contributed by atoms with E-state index >= 15 is 0 Å². The molecule has 0 fully saturated rings. The molecule has 4 rings (SSSR count). The van der Waals surface area contributed by atoms with Crippen LogP contribution in [-0.4, -0.2) is 33.5 Å². The first-order chi connectivity index (χ1) is 13.9. The normalized spacial score (nSPS) is 18.7. The van der Waals surface area contributed by atoms with E-state index in [2.05, 4.69) is 16.2 Å². The number of ether oxygens (including phenoxy) is 1. The number of nitrogens with zero attached hydrogens (tertiary/aromatic N) is 2. The van der Waals surface area contributed by atoms with E-state index in [1.807, 2.05) is 51.1 Å². The molecule has 3 aromatic rings. The molecule has 1 aliphatic rings. The Hall–Kier alpha value is -2.70. The third-order valence-corrected chi connectivity index (χ3v) is 5.42. The Morgan fingerprint density at radius 3 is 2.69 bits per heavy atom. The number of benzene rings is 2. The van der Waals surface area contributed by atoms with Gasteiger partial charge in [-0.15, -0.1) is 0 Å². The summed E-state index contributed by atoms with van der Waals surface area (Å²) in [7, 11) is 0. The number of fused-ring (bicyclic) bond motifs is 1. The minimum absolute atomic E-state index is 0.0166. The number of aliphatic hydroxyl groups excluding tert-OH is 1. The number of aryl methyl sites for hydroxylation is 2. The lowest BCUT2D eigenvalue weighted by Gasteiger charge is -2.33. The molecule has 6 heteroatoms. The summed E-state index contributed by atoms with van der Waals surface area (Å²) in [4.78, 5) is 4.59. The summed E-state index contributed by atoms with van der Waals surface area (Å²) in [6.45, 7) is 6.00. The molecule has 3 N–H and O–H groups in total. The van der Waals surface area contributed by atoms with Crippen molar-refractivity contribution in [2.24, 2.45) is 5.73 Å². The summed E-state index contributed by atoms with van der Waals surface area (Å²) in [5.41, 5.74) is 10.9. The molecule has 0 radical (unpaired) electrons. The summed E-state index contributed by atoms with van der Waals surface area (Å²) >= 11 is 0. The number of hydrogen-bond acceptors (Lipinski definition) is 6. The molecule has 1 atom stereocenters. The van der Waals surface area contributed by atoms with Crippen molar-refractivity contribution in [3.63, 3.8) is 0 Å². The van der Waals surface area contributed by atoms with Crippen molar-refractivity contribution in [1.29, 1.82) is 0 Å². The predicted molar refractivity (Wildman–Crippen MR) is 112 cm³/mol. The lowest BCUT2D eigenvalue weighted by atomic mass is 9.78. The zero-order valence-electron chi connectivity index (χ0n) is 17.1. The van der Waals surface area contributed by atoms with Crippen molar-refractivity contribution in [3.8, 4) is 28.6 Å². The first kappa shape index (κ1) is 19.6. The molecular weight excluding hydrogens is 366 g/mol. The van der Waals surface area contributed by atoms with Gasteiger partial charge >= 0.3 is 0 Å². The molecule has 0 amide bonds. The molecule has 6 nitrogen and oxygen atoms in total. The highest BCUT2D eigenvalue weighted by molar-refractivity contribution is 5.63. The zero-order valence-corrected chi connectivity index (χ0v) is 17.1. The fourth-order valence-electron chi connectivity index (χ4n) is 3.79. The number of aliphatic hydroxyl groups is 1. The maximum absolute atomic E-state index is 9.61. The number of rotatable bonds is 5. The first-order valence-electron chi connectivity index (χ1n) is 10.0. The van der Waals surface area contributed by atoms with E-state index in [1.165, 1.54) is 5.56 Å². The van der Waals surface area contributed by atoms with Gasteiger partial charge < -0.3 is 20.1 Å². The van der Waals surface area contributed by atoms with Crippen molar-refractivity contribution in [1.82, 2.24) is 10.1 Å². The van der Waals surface area contributed by atoms with Crippen LogP contribution in [0.2, 0.25) is 0 Å². The van der Waals surface area contributed by atoms with Crippen LogP contribution >= 0.6 is 0 Å². The van der Waals surface area contributed by atoms with E-state index in [0.29, 0.717) is 18.1 Å². The van der Waals surface area contributed by atoms with Crippen LogP contribution in [0.4, 0.5) is 0 Å². The lowest BCUT2D eigenvalue weighted by Crippen LogP contribution is -2.48. The second-order valence-corrected chi connectivity index (χ2v) is 8.25. The van der Waals surface area contributed by atoms with Gasteiger partial charge in [-0.25, -0.2) is 0 Å². The molecule has 1 aliphatic carbocycles. The molecule has 0 aliphatic heterocycles. The third kappa shape index (κ3) is 4.04. The quantitative estimate of drug-likeness (QED) is 0.687. The topological polar surface area (TPSA) is 94.4 Å². The standard InChI is InChI=1S/C23H27N3O3/c1-14(2)28-20-7-6-17(10-15(20)3)21-25-22(29-26-21)18-5-4-16-8-9-23(24,13-27)12-19(16)11-18/h4-7,10-11,14,27H,8-9,12-13,24H2,1-3H3. The lowest BCUT2D eigenvalue weighted by molar-refractivity contribution is 0.181. The Kier molecular flexibility index (Phi) is 5.15. The number of nitrogens with two attached hydrogens (primary N) is 1. The molecule has 152 valence electrons. The molecule has 29 heavy (non-hydrogen) atoms. The van der Waals surface area contributed by atoms with Gasteiger partial charge in [-0.1, -0.05) is 11.2 Å². The summed E-state index contributed by atoms with van der Waals surface area (Å²) in [6.07, 6.45) is 2.42. The van der Waals surface area contributed by atoms with Crippen LogP contribution < -0.4 is 10.5 Å². The highest BCUT2D eigenvalue weighted by Crippen LogP contribution is 2.32. The number of hydrogen-bond donors (Lipinski definition) is 2. The van der Waals surface area contributed by atoms with Crippen molar-refractivity contribution in [2.75, 3.05) is 6.61 Å². The van der Waals surface area contributed by atoms with Gasteiger partial charge in [0.1, 0.15) is 5.75 Å². The second kappa shape index (κ2) is 7.61. The van der Waals surface area contributed by atoms with Crippen molar-refractivity contribution in [2.45, 2.75) is 51.7 Å². The fraction of sp³-hybridized carbons (Fsp3) is 0.391. The second-order valence-electron chi connectivity index (χ2n) is 8.25. The van der Waals surface area contributed by atoms with Crippen molar-refractivity contribution >= 4 is 0 Å². The molecule has 2 aromatic carbocycles. The van der Waals surface area contributed by atoms with E-state index in [4.69, 9.17) is 15.0 Å². The zero-order chi connectivity index (χ0) is 20.6. The third-order valence-electron chi connectivity index (χ3n) is 5.42. The predicted octanol–water partition coefficient (Wildman–Crippen LogP) is 3.68. The summed E-state index contributed by atoms with van der Waals surface area (Å²) in [5.74, 6) is 1.87. The van der Waals surface area contributed by atoms with Crippen LogP contribution in [0, 0.1) is 6.92 Å². The smallest absolute Gasteiger partial charge is 0.258 e. The Morgan fingerprint density at radius 1 is 1.17 bits per heavy atom. The molecule has 0 bridgehead atoms. The highest BCUT2D eigenvalue weighted by Gasteiger charge is 2.30. The SMILES string of the molecule is Cc1cc(-c2noc(-c3ccc4c(c3)CC(N)(CO)CC4)n2)ccc1OC(C)C. The van der Waals surface area contributed by atoms with E-state index in [-0.39, 0.29) is 12.7 Å². The van der Waals surface area contributed by atoms with Crippen LogP contribution in [0.25, 0.3) is 22.8 Å². The van der Waals surface area contributed by atoms with E-state index in [0.717, 1.165) is 40.8 Å². The molecule has 0 saturated carbocycles. The largest absolute Gasteiger partial charge is 0.491 e. The Balaban J connectivity index is 1.60. The molecule has 1 aromatic heterocycles. The molecule has 0 saturated heterocycles. The average Bonchev–Trinajstić information content (AvgIpc) is 3.19. The van der Waals surface area contributed by atoms with Gasteiger partial charge in [-0.05, 0) is 87.1 Å². The van der Waals surface area contributed by atoms with Crippen LogP contribution in [0.3, 0.4) is 0 Å². The minimum Gasteiger partial charge on any atom is -0.491 e. The summed E-state index contributed by atoms with van der Waals surface area (Å²) in [6, 6.07) is 12.0. The van der Waals surface area contributed by atoms with Gasteiger partial charge in [0.25, 0.3) is 5.89 Å². The van der Waals surface area contributed by atoms with Crippen LogP contribution in [0.1, 0.15) is 37.0 Å². The Labute approximate surface area is 170 Å². The molecule has 1 heterocycles. The van der Waals surface area contributed by atoms with Crippen LogP contribution in [0.15, 0.2) is 40.9 Å². The first-order valence-corrected chi connectivity index (χ1v) is 10.0. The highest BCUT2D eigenvalue weighted by atomic mass is 16.5. The molecule has 1 unspecified atom stereocenters. The monoisotopic (exact) mass is 393 g/mol. The van der Waals surface area contributed by atoms with Crippen molar-refractivity contribution in [3.05, 3.63) is 53.1 Å². The van der Waals surface area contributed by atoms with Gasteiger partial charge in [-0.2, -0.15) is 4.98 Å². The van der Waals surface area contributed by atoms with Crippen LogP contribution in [0.5, 0.6) is 5.75 Å². The minimum atomic E-state index is -0.553. The van der Waals surface area contributed by atoms with E-state index < -0.39 is 5.54 Å². The summed E-state index contributed by atoms with van der Waals surface area (Å²) < 4.78 is 11.3.